The zero-order chi connectivity index (χ0) is 25.1. The normalized spacial score (nSPS) is 22.1. The van der Waals surface area contributed by atoms with Crippen LogP contribution in [0.1, 0.15) is 56.5 Å². The molecule has 3 amide bonds. The van der Waals surface area contributed by atoms with Gasteiger partial charge in [-0.1, -0.05) is 24.3 Å². The summed E-state index contributed by atoms with van der Waals surface area (Å²) >= 11 is 3.89. The number of aldehydes is 1. The summed E-state index contributed by atoms with van der Waals surface area (Å²) in [7, 11) is 0. The summed E-state index contributed by atoms with van der Waals surface area (Å²) in [6.45, 7) is 1.01. The van der Waals surface area contributed by atoms with Gasteiger partial charge in [0.05, 0.1) is 4.58 Å². The molecule has 0 saturated carbocycles. The Balaban J connectivity index is 1.24. The summed E-state index contributed by atoms with van der Waals surface area (Å²) in [6.07, 6.45) is 3.42. The fraction of sp³-hybridized carbons (Fsp3) is 0.407. The number of likely N-dealkylation sites (tertiary alicyclic amines) is 2. The van der Waals surface area contributed by atoms with E-state index in [4.69, 9.17) is 0 Å². The van der Waals surface area contributed by atoms with Crippen molar-refractivity contribution in [2.24, 2.45) is 0 Å². The molecule has 2 atom stereocenters. The molecule has 3 aliphatic rings. The van der Waals surface area contributed by atoms with E-state index < -0.39 is 12.1 Å². The van der Waals surface area contributed by atoms with Gasteiger partial charge < -0.3 is 15.1 Å². The Hall–Kier alpha value is -2.78. The van der Waals surface area contributed by atoms with Crippen LogP contribution in [0.3, 0.4) is 0 Å². The smallest absolute Gasteiger partial charge is 0.254 e. The van der Waals surface area contributed by atoms with Crippen molar-refractivity contribution >= 4 is 53.2 Å². The molecule has 0 bridgehead atoms. The quantitative estimate of drug-likeness (QED) is 0.571. The van der Waals surface area contributed by atoms with E-state index in [-0.39, 0.29) is 17.7 Å². The summed E-state index contributed by atoms with van der Waals surface area (Å²) in [5, 5.41) is 2.99. The zero-order valence-electron chi connectivity index (χ0n) is 19.9. The molecule has 2 aromatic carbocycles. The minimum Gasteiger partial charge on any atom is -0.329 e. The van der Waals surface area contributed by atoms with Crippen molar-refractivity contribution in [1.82, 2.24) is 9.80 Å². The van der Waals surface area contributed by atoms with Gasteiger partial charge in [0.25, 0.3) is 5.91 Å². The molecule has 2 aromatic rings. The van der Waals surface area contributed by atoms with Gasteiger partial charge in [0.2, 0.25) is 11.8 Å². The van der Waals surface area contributed by atoms with Crippen LogP contribution < -0.4 is 5.32 Å². The van der Waals surface area contributed by atoms with Gasteiger partial charge in [-0.2, -0.15) is 0 Å². The maximum atomic E-state index is 13.6. The molecule has 0 aromatic heterocycles. The van der Waals surface area contributed by atoms with Gasteiger partial charge in [0, 0.05) is 41.4 Å². The second-order valence-corrected chi connectivity index (χ2v) is 12.0. The standard InChI is InChI=1S/C27H29N3O4S2/c31-17-18-5-7-19(8-6-18)25(33)30-14-2-4-23(30)26(34)29-13-1-3-22(29)24(32)28-21-11-9-20(10-12-21)27-35-15-16-36-27/h5-12,17,22-23,27H,1-4,13-16H2,(H,28,32)/t22-,23-/m0/s1. The lowest BCUT2D eigenvalue weighted by Crippen LogP contribution is -2.51. The Bertz CT molecular complexity index is 1130. The number of nitrogens with one attached hydrogen (secondary N) is 1. The molecule has 36 heavy (non-hydrogen) atoms. The van der Waals surface area contributed by atoms with E-state index in [1.807, 2.05) is 35.7 Å². The maximum absolute atomic E-state index is 13.6. The van der Waals surface area contributed by atoms with Crippen LogP contribution in [-0.4, -0.2) is 70.5 Å². The second-order valence-electron chi connectivity index (χ2n) is 9.27. The highest BCUT2D eigenvalue weighted by Crippen LogP contribution is 2.45. The van der Waals surface area contributed by atoms with Gasteiger partial charge in [-0.3, -0.25) is 19.2 Å². The molecule has 0 radical (unpaired) electrons. The first-order chi connectivity index (χ1) is 17.5. The van der Waals surface area contributed by atoms with Crippen LogP contribution in [0.5, 0.6) is 0 Å². The Morgan fingerprint density at radius 1 is 0.833 bits per heavy atom. The van der Waals surface area contributed by atoms with Gasteiger partial charge in [0.15, 0.2) is 0 Å². The number of carbonyl (C=O) groups is 4. The summed E-state index contributed by atoms with van der Waals surface area (Å²) in [5.74, 6) is 1.76. The SMILES string of the molecule is O=Cc1ccc(C(=O)N2CCC[C@H]2C(=O)N2CCC[C@H]2C(=O)Nc2ccc(C3SCCS3)cc2)cc1. The fourth-order valence-electron chi connectivity index (χ4n) is 5.13. The third-order valence-corrected chi connectivity index (χ3v) is 10.1. The molecule has 1 N–H and O–H groups in total. The first-order valence-electron chi connectivity index (χ1n) is 12.4. The molecule has 7 nitrogen and oxygen atoms in total. The summed E-state index contributed by atoms with van der Waals surface area (Å²) in [5.41, 5.74) is 2.93. The number of amides is 3. The monoisotopic (exact) mass is 523 g/mol. The predicted molar refractivity (Wildman–Crippen MR) is 143 cm³/mol. The van der Waals surface area contributed by atoms with Crippen molar-refractivity contribution in [2.75, 3.05) is 29.9 Å². The van der Waals surface area contributed by atoms with Crippen molar-refractivity contribution in [3.63, 3.8) is 0 Å². The van der Waals surface area contributed by atoms with Gasteiger partial charge in [-0.15, -0.1) is 23.5 Å². The van der Waals surface area contributed by atoms with Crippen molar-refractivity contribution < 1.29 is 19.2 Å². The average molecular weight is 524 g/mol. The Morgan fingerprint density at radius 3 is 2.14 bits per heavy atom. The van der Waals surface area contributed by atoms with Gasteiger partial charge in [0.1, 0.15) is 18.4 Å². The number of hydrogen-bond acceptors (Lipinski definition) is 6. The number of benzene rings is 2. The van der Waals surface area contributed by atoms with Crippen molar-refractivity contribution in [3.05, 3.63) is 65.2 Å². The molecule has 0 unspecified atom stereocenters. The van der Waals surface area contributed by atoms with E-state index in [1.54, 1.807) is 34.1 Å². The number of rotatable bonds is 6. The van der Waals surface area contributed by atoms with Crippen LogP contribution in [0.15, 0.2) is 48.5 Å². The van der Waals surface area contributed by atoms with Gasteiger partial charge >= 0.3 is 0 Å². The Kier molecular flexibility index (Phi) is 7.67. The molecular formula is C27H29N3O4S2. The zero-order valence-corrected chi connectivity index (χ0v) is 21.6. The second kappa shape index (κ2) is 11.1. The molecule has 0 aliphatic carbocycles. The third-order valence-electron chi connectivity index (χ3n) is 7.00. The van der Waals surface area contributed by atoms with Crippen LogP contribution in [0.2, 0.25) is 0 Å². The highest BCUT2D eigenvalue weighted by Gasteiger charge is 2.42. The van der Waals surface area contributed by atoms with Crippen molar-refractivity contribution in [3.8, 4) is 0 Å². The maximum Gasteiger partial charge on any atom is 0.254 e. The Labute approximate surface area is 219 Å². The molecule has 3 heterocycles. The molecule has 3 fully saturated rings. The van der Waals surface area contributed by atoms with Crippen LogP contribution in [0, 0.1) is 0 Å². The Morgan fingerprint density at radius 2 is 1.47 bits per heavy atom. The summed E-state index contributed by atoms with van der Waals surface area (Å²) < 4.78 is 0.456. The first-order valence-corrected chi connectivity index (χ1v) is 14.5. The minimum absolute atomic E-state index is 0.159. The largest absolute Gasteiger partial charge is 0.329 e. The van der Waals surface area contributed by atoms with E-state index in [1.165, 1.54) is 5.56 Å². The highest BCUT2D eigenvalue weighted by molar-refractivity contribution is 8.19. The van der Waals surface area contributed by atoms with Crippen LogP contribution in [0.4, 0.5) is 5.69 Å². The van der Waals surface area contributed by atoms with Crippen molar-refractivity contribution in [2.45, 2.75) is 42.3 Å². The number of hydrogen-bond donors (Lipinski definition) is 1. The summed E-state index contributed by atoms with van der Waals surface area (Å²) in [6, 6.07) is 13.3. The van der Waals surface area contributed by atoms with Crippen molar-refractivity contribution in [1.29, 1.82) is 0 Å². The molecular weight excluding hydrogens is 494 g/mol. The molecule has 9 heteroatoms. The van der Waals surface area contributed by atoms with E-state index in [9.17, 15) is 19.2 Å². The molecule has 3 saturated heterocycles. The highest BCUT2D eigenvalue weighted by atomic mass is 32.2. The molecule has 5 rings (SSSR count). The fourth-order valence-corrected chi connectivity index (χ4v) is 7.99. The van der Waals surface area contributed by atoms with Gasteiger partial charge in [-0.05, 0) is 55.5 Å². The lowest BCUT2D eigenvalue weighted by molar-refractivity contribution is -0.139. The van der Waals surface area contributed by atoms with E-state index in [2.05, 4.69) is 17.4 Å². The van der Waals surface area contributed by atoms with E-state index >= 15 is 0 Å². The average Bonchev–Trinajstić information content (AvgIpc) is 3.70. The van der Waals surface area contributed by atoms with Crippen LogP contribution in [0.25, 0.3) is 0 Å². The lowest BCUT2D eigenvalue weighted by atomic mass is 10.1. The summed E-state index contributed by atoms with van der Waals surface area (Å²) in [4.78, 5) is 54.0. The van der Waals surface area contributed by atoms with E-state index in [0.717, 1.165) is 36.3 Å². The number of anilines is 1. The lowest BCUT2D eigenvalue weighted by Gasteiger charge is -2.31. The topological polar surface area (TPSA) is 86.8 Å². The number of carbonyl (C=O) groups excluding carboxylic acids is 4. The molecule has 3 aliphatic heterocycles. The van der Waals surface area contributed by atoms with E-state index in [0.29, 0.717) is 41.6 Å². The van der Waals surface area contributed by atoms with Crippen LogP contribution in [-0.2, 0) is 9.59 Å². The first kappa shape index (κ1) is 24.9. The molecule has 0 spiro atoms. The number of nitrogens with zero attached hydrogens (tertiary/aromatic N) is 2. The van der Waals surface area contributed by atoms with Gasteiger partial charge in [-0.25, -0.2) is 0 Å². The molecule has 188 valence electrons. The number of thioether (sulfide) groups is 2. The minimum atomic E-state index is -0.572. The van der Waals surface area contributed by atoms with Crippen LogP contribution >= 0.6 is 23.5 Å². The third kappa shape index (κ3) is 5.18. The predicted octanol–water partition coefficient (Wildman–Crippen LogP) is 4.21.